The average Bonchev–Trinajstić information content (AvgIpc) is 2.70. The van der Waals surface area contributed by atoms with E-state index >= 15 is 0 Å². The van der Waals surface area contributed by atoms with Crippen molar-refractivity contribution in [3.05, 3.63) is 29.6 Å². The second-order valence-electron chi connectivity index (χ2n) is 6.42. The topological polar surface area (TPSA) is 71.4 Å². The molecule has 1 unspecified atom stereocenters. The third kappa shape index (κ3) is 1.91. The molecule has 0 bridgehead atoms. The standard InChI is InChI=1S/C15H18FNO4S/c1-22(20,21)17(14(18)19)10-15(7-3-2-4-8-15)12-6-5-11(16)9-13(12)17/h5-6,9H,2-4,7-8,10H2,1H3/p+1. The number of hydrogen-bond donors (Lipinski definition) is 1. The maximum absolute atomic E-state index is 13.7. The number of nitrogens with zero attached hydrogens (tertiary/aromatic N) is 1. The third-order valence-electron chi connectivity index (χ3n) is 5.13. The lowest BCUT2D eigenvalue weighted by molar-refractivity contribution is 0.165. The van der Waals surface area contributed by atoms with E-state index in [0.29, 0.717) is 5.56 Å². The van der Waals surface area contributed by atoms with Gasteiger partial charge in [0, 0.05) is 11.6 Å². The van der Waals surface area contributed by atoms with Crippen molar-refractivity contribution in [1.29, 1.82) is 0 Å². The summed E-state index contributed by atoms with van der Waals surface area (Å²) in [7, 11) is -4.00. The van der Waals surface area contributed by atoms with E-state index in [4.69, 9.17) is 0 Å². The molecule has 1 amide bonds. The highest BCUT2D eigenvalue weighted by Crippen LogP contribution is 2.53. The van der Waals surface area contributed by atoms with Gasteiger partial charge in [0.2, 0.25) is 0 Å². The van der Waals surface area contributed by atoms with Gasteiger partial charge in [0.15, 0.2) is 5.69 Å². The molecule has 1 aliphatic carbocycles. The molecule has 1 fully saturated rings. The Morgan fingerprint density at radius 3 is 2.45 bits per heavy atom. The van der Waals surface area contributed by atoms with Gasteiger partial charge in [0.1, 0.15) is 12.4 Å². The molecule has 5 nitrogen and oxygen atoms in total. The summed E-state index contributed by atoms with van der Waals surface area (Å²) in [5.74, 6) is -0.612. The lowest BCUT2D eigenvalue weighted by Gasteiger charge is -2.33. The highest BCUT2D eigenvalue weighted by molar-refractivity contribution is 7.90. The molecular weight excluding hydrogens is 309 g/mol. The van der Waals surface area contributed by atoms with Gasteiger partial charge in [0.25, 0.3) is 0 Å². The Hall–Kier alpha value is -1.47. The zero-order chi connectivity index (χ0) is 16.2. The van der Waals surface area contributed by atoms with Crippen LogP contribution in [0.25, 0.3) is 0 Å². The minimum absolute atomic E-state index is 0.0417. The van der Waals surface area contributed by atoms with Crippen molar-refractivity contribution in [3.63, 3.8) is 0 Å². The largest absolute Gasteiger partial charge is 0.534 e. The summed E-state index contributed by atoms with van der Waals surface area (Å²) in [5, 5.41) is 9.72. The van der Waals surface area contributed by atoms with Crippen LogP contribution in [0.4, 0.5) is 14.9 Å². The summed E-state index contributed by atoms with van der Waals surface area (Å²) in [6.07, 6.45) is 3.86. The fraction of sp³-hybridized carbons (Fsp3) is 0.533. The van der Waals surface area contributed by atoms with E-state index < -0.39 is 31.2 Å². The SMILES string of the molecule is CS(=O)(=O)[N+]1(C(=O)O)CC2(CCCCC2)c2ccc(F)cc21. The zero-order valence-corrected chi connectivity index (χ0v) is 13.2. The van der Waals surface area contributed by atoms with Crippen molar-refractivity contribution in [2.75, 3.05) is 12.8 Å². The Balaban J connectivity index is 2.32. The molecule has 3 rings (SSSR count). The molecule has 1 N–H and O–H groups in total. The minimum atomic E-state index is -4.00. The average molecular weight is 328 g/mol. The molecule has 0 aromatic heterocycles. The van der Waals surface area contributed by atoms with Crippen molar-refractivity contribution in [2.45, 2.75) is 37.5 Å². The van der Waals surface area contributed by atoms with Crippen LogP contribution in [0.5, 0.6) is 0 Å². The molecule has 1 spiro atoms. The first-order valence-electron chi connectivity index (χ1n) is 7.35. The Bertz CT molecular complexity index is 740. The fourth-order valence-electron chi connectivity index (χ4n) is 4.11. The van der Waals surface area contributed by atoms with Crippen LogP contribution >= 0.6 is 0 Å². The number of sulfonamides is 1. The molecule has 0 radical (unpaired) electrons. The number of benzene rings is 1. The van der Waals surface area contributed by atoms with E-state index in [1.165, 1.54) is 6.07 Å². The van der Waals surface area contributed by atoms with E-state index in [1.54, 1.807) is 6.07 Å². The van der Waals surface area contributed by atoms with Crippen molar-refractivity contribution < 1.29 is 22.7 Å². The van der Waals surface area contributed by atoms with Crippen molar-refractivity contribution in [2.24, 2.45) is 0 Å². The molecule has 2 aliphatic rings. The van der Waals surface area contributed by atoms with E-state index in [9.17, 15) is 22.7 Å². The summed E-state index contributed by atoms with van der Waals surface area (Å²) in [5.41, 5.74) is 0.265. The molecule has 1 atom stereocenters. The van der Waals surface area contributed by atoms with E-state index in [1.807, 2.05) is 0 Å². The van der Waals surface area contributed by atoms with Gasteiger partial charge in [-0.1, -0.05) is 23.2 Å². The maximum atomic E-state index is 13.7. The highest BCUT2D eigenvalue weighted by Gasteiger charge is 2.63. The highest BCUT2D eigenvalue weighted by atomic mass is 32.2. The number of quaternary nitrogens is 1. The van der Waals surface area contributed by atoms with Crippen LogP contribution in [0.3, 0.4) is 0 Å². The van der Waals surface area contributed by atoms with Gasteiger partial charge in [0.05, 0.1) is 11.7 Å². The molecular formula is C15H19FNO4S+. The van der Waals surface area contributed by atoms with E-state index in [-0.39, 0.29) is 12.2 Å². The van der Waals surface area contributed by atoms with Crippen LogP contribution in [0.1, 0.15) is 37.7 Å². The summed E-state index contributed by atoms with van der Waals surface area (Å²) in [4.78, 5) is 11.9. The number of halogens is 1. The van der Waals surface area contributed by atoms with Gasteiger partial charge < -0.3 is 5.11 Å². The van der Waals surface area contributed by atoms with Gasteiger partial charge in [-0.2, -0.15) is 13.2 Å². The minimum Gasteiger partial charge on any atom is -0.434 e. The molecule has 1 aromatic rings. The molecule has 7 heteroatoms. The predicted octanol–water partition coefficient (Wildman–Crippen LogP) is 2.99. The first-order valence-corrected chi connectivity index (χ1v) is 9.20. The van der Waals surface area contributed by atoms with Crippen LogP contribution in [0, 0.1) is 5.82 Å². The first-order chi connectivity index (χ1) is 10.2. The van der Waals surface area contributed by atoms with Gasteiger partial charge in [-0.15, -0.1) is 0 Å². The summed E-state index contributed by atoms with van der Waals surface area (Å²) < 4.78 is 37.3. The second-order valence-corrected chi connectivity index (χ2v) is 8.51. The first kappa shape index (κ1) is 15.4. The van der Waals surface area contributed by atoms with Crippen molar-refractivity contribution >= 4 is 21.8 Å². The molecule has 1 aliphatic heterocycles. The quantitative estimate of drug-likeness (QED) is 0.805. The smallest absolute Gasteiger partial charge is 0.434 e. The lowest BCUT2D eigenvalue weighted by Crippen LogP contribution is -2.58. The Labute approximate surface area is 129 Å². The van der Waals surface area contributed by atoms with Gasteiger partial charge in [-0.25, -0.2) is 4.39 Å². The Morgan fingerprint density at radius 1 is 1.27 bits per heavy atom. The molecule has 1 heterocycles. The summed E-state index contributed by atoms with van der Waals surface area (Å²) in [6, 6.07) is 3.94. The van der Waals surface area contributed by atoms with Crippen LogP contribution in [-0.2, 0) is 15.4 Å². The van der Waals surface area contributed by atoms with Crippen LogP contribution in [-0.4, -0.2) is 32.4 Å². The molecule has 22 heavy (non-hydrogen) atoms. The number of hydrogen-bond acceptors (Lipinski definition) is 3. The Kier molecular flexibility index (Phi) is 3.34. The maximum Gasteiger partial charge on any atom is 0.534 e. The third-order valence-corrected chi connectivity index (χ3v) is 6.75. The van der Waals surface area contributed by atoms with Gasteiger partial charge in [-0.05, 0) is 25.0 Å². The Morgan fingerprint density at radius 2 is 1.91 bits per heavy atom. The summed E-state index contributed by atoms with van der Waals surface area (Å²) >= 11 is 0. The van der Waals surface area contributed by atoms with E-state index in [0.717, 1.165) is 44.4 Å². The van der Waals surface area contributed by atoms with Crippen LogP contribution in [0.2, 0.25) is 0 Å². The van der Waals surface area contributed by atoms with Crippen molar-refractivity contribution in [1.82, 2.24) is 3.89 Å². The fourth-order valence-corrected chi connectivity index (χ4v) is 5.39. The van der Waals surface area contributed by atoms with Gasteiger partial charge >= 0.3 is 16.1 Å². The van der Waals surface area contributed by atoms with E-state index in [2.05, 4.69) is 0 Å². The summed E-state index contributed by atoms with van der Waals surface area (Å²) in [6.45, 7) is -0.0417. The number of rotatable bonds is 1. The lowest BCUT2D eigenvalue weighted by atomic mass is 9.71. The second kappa shape index (κ2) is 4.76. The van der Waals surface area contributed by atoms with Gasteiger partial charge in [-0.3, -0.25) is 0 Å². The molecule has 120 valence electrons. The van der Waals surface area contributed by atoms with Crippen LogP contribution in [0.15, 0.2) is 18.2 Å². The number of fused-ring (bicyclic) bond motifs is 2. The van der Waals surface area contributed by atoms with Crippen molar-refractivity contribution in [3.8, 4) is 0 Å². The monoisotopic (exact) mass is 328 g/mol. The molecule has 1 aromatic carbocycles. The predicted molar refractivity (Wildman–Crippen MR) is 80.7 cm³/mol. The number of amides is 1. The molecule has 1 saturated carbocycles. The number of carboxylic acid groups (broad SMARTS) is 1. The normalized spacial score (nSPS) is 26.8. The zero-order valence-electron chi connectivity index (χ0n) is 12.4. The van der Waals surface area contributed by atoms with Crippen LogP contribution < -0.4 is 3.89 Å². The number of carbonyl (C=O) groups is 1. The molecule has 0 saturated heterocycles.